The summed E-state index contributed by atoms with van der Waals surface area (Å²) in [6.07, 6.45) is 0.346. The van der Waals surface area contributed by atoms with Crippen molar-refractivity contribution in [3.8, 4) is 0 Å². The van der Waals surface area contributed by atoms with Crippen molar-refractivity contribution in [3.63, 3.8) is 0 Å². The number of aryl methyl sites for hydroxylation is 1. The van der Waals surface area contributed by atoms with Crippen molar-refractivity contribution in [1.29, 1.82) is 0 Å². The zero-order chi connectivity index (χ0) is 38.1. The molecule has 0 aliphatic carbocycles. The molecular formula is C34H37F6N12O+. The highest BCUT2D eigenvalue weighted by Gasteiger charge is 2.41. The van der Waals surface area contributed by atoms with Crippen LogP contribution >= 0.6 is 0 Å². The van der Waals surface area contributed by atoms with Crippen molar-refractivity contribution in [2.45, 2.75) is 65.0 Å². The lowest BCUT2D eigenvalue weighted by molar-refractivity contribution is -0.713. The van der Waals surface area contributed by atoms with Crippen LogP contribution in [0.25, 0.3) is 0 Å². The maximum absolute atomic E-state index is 14.2. The van der Waals surface area contributed by atoms with Gasteiger partial charge in [-0.1, -0.05) is 6.07 Å². The molecule has 1 aliphatic rings. The predicted molar refractivity (Wildman–Crippen MR) is 181 cm³/mol. The second-order valence-corrected chi connectivity index (χ2v) is 12.8. The fourth-order valence-electron chi connectivity index (χ4n) is 6.03. The summed E-state index contributed by atoms with van der Waals surface area (Å²) < 4.78 is 85.6. The van der Waals surface area contributed by atoms with E-state index in [9.17, 15) is 31.1 Å². The van der Waals surface area contributed by atoms with Crippen LogP contribution in [0.1, 0.15) is 46.3 Å². The lowest BCUT2D eigenvalue weighted by atomic mass is 10.1. The van der Waals surface area contributed by atoms with Crippen LogP contribution in [0.4, 0.5) is 43.8 Å². The van der Waals surface area contributed by atoms with Crippen LogP contribution in [0.15, 0.2) is 61.4 Å². The lowest BCUT2D eigenvalue weighted by Gasteiger charge is -2.35. The third-order valence-corrected chi connectivity index (χ3v) is 8.70. The van der Waals surface area contributed by atoms with Crippen LogP contribution in [0, 0.1) is 6.92 Å². The third kappa shape index (κ3) is 8.56. The van der Waals surface area contributed by atoms with Crippen LogP contribution in [0.3, 0.4) is 0 Å². The predicted octanol–water partition coefficient (Wildman–Crippen LogP) is 4.20. The van der Waals surface area contributed by atoms with Crippen molar-refractivity contribution in [2.24, 2.45) is 0 Å². The van der Waals surface area contributed by atoms with Gasteiger partial charge in [0.2, 0.25) is 11.9 Å². The Bertz CT molecular complexity index is 2080. The number of nitrogens with zero attached hydrogens (tertiary/aromatic N) is 10. The molecule has 1 aliphatic heterocycles. The topological polar surface area (TPSA) is 126 Å². The zero-order valence-electron chi connectivity index (χ0n) is 29.2. The minimum Gasteiger partial charge on any atom is -0.339 e. The molecular weight excluding hydrogens is 706 g/mol. The molecule has 0 saturated heterocycles. The Morgan fingerprint density at radius 3 is 2.25 bits per heavy atom. The number of rotatable bonds is 12. The quantitative estimate of drug-likeness (QED) is 0.143. The fraction of sp³-hybridized carbons (Fsp3) is 0.382. The van der Waals surface area contributed by atoms with Crippen molar-refractivity contribution in [2.75, 3.05) is 35.8 Å². The number of amides is 1. The highest BCUT2D eigenvalue weighted by molar-refractivity contribution is 6.03. The van der Waals surface area contributed by atoms with E-state index in [4.69, 9.17) is 4.98 Å². The minimum atomic E-state index is -4.62. The number of nitrogens with one attached hydrogen (secondary N) is 2. The molecule has 0 unspecified atom stereocenters. The van der Waals surface area contributed by atoms with Gasteiger partial charge in [-0.25, -0.2) is 4.98 Å². The second kappa shape index (κ2) is 14.8. The molecule has 0 spiro atoms. The van der Waals surface area contributed by atoms with Crippen LogP contribution in [-0.2, 0) is 49.9 Å². The van der Waals surface area contributed by atoms with Gasteiger partial charge in [0.25, 0.3) is 5.69 Å². The molecule has 2 N–H and O–H groups in total. The number of halogens is 6. The summed E-state index contributed by atoms with van der Waals surface area (Å²) in [7, 11) is 3.56. The van der Waals surface area contributed by atoms with Crippen LogP contribution in [-0.4, -0.2) is 67.1 Å². The Morgan fingerprint density at radius 2 is 1.58 bits per heavy atom. The molecule has 280 valence electrons. The number of aromatic nitrogens is 8. The normalized spacial score (nSPS) is 14.7. The molecule has 13 nitrogen and oxygen atoms in total. The van der Waals surface area contributed by atoms with Crippen LogP contribution in [0.2, 0.25) is 0 Å². The summed E-state index contributed by atoms with van der Waals surface area (Å²) >= 11 is 0. The third-order valence-electron chi connectivity index (χ3n) is 8.70. The standard InChI is InChI=1S/C34H36F6N12O/c1-21-29-30(47-32(45-21)48(4)15-26-14-44-50(20-26)17-23-5-7-27(42-12-23)33(35,36)37)52(22(2)31(53)46-29)10-9-49-16-24(6-8-28(49)34(38,39)40)18-51-19-25(11-41-3)13-43-51/h5-8,12-14,16,19-20,22,41H,9-11,15,17-18H2,1-4H3/p+1/t22-/m0/s1. The largest absolute Gasteiger partial charge is 0.477 e. The molecule has 5 aromatic heterocycles. The summed E-state index contributed by atoms with van der Waals surface area (Å²) in [6.45, 7) is 4.66. The number of fused-ring (bicyclic) bond motifs is 1. The van der Waals surface area contributed by atoms with Crippen molar-refractivity contribution >= 4 is 23.4 Å². The van der Waals surface area contributed by atoms with Gasteiger partial charge in [-0.05, 0) is 38.6 Å². The van der Waals surface area contributed by atoms with Gasteiger partial charge >= 0.3 is 12.4 Å². The van der Waals surface area contributed by atoms with Crippen LogP contribution in [0.5, 0.6) is 0 Å². The first-order valence-corrected chi connectivity index (χ1v) is 16.5. The molecule has 53 heavy (non-hydrogen) atoms. The van der Waals surface area contributed by atoms with Crippen molar-refractivity contribution in [3.05, 3.63) is 101 Å². The number of carbonyl (C=O) groups is 1. The Kier molecular flexibility index (Phi) is 10.4. The number of pyridine rings is 2. The molecule has 6 heterocycles. The molecule has 0 fully saturated rings. The highest BCUT2D eigenvalue weighted by Crippen LogP contribution is 2.34. The summed E-state index contributed by atoms with van der Waals surface area (Å²) in [6, 6.07) is 4.00. The zero-order valence-corrected chi connectivity index (χ0v) is 29.2. The fourth-order valence-corrected chi connectivity index (χ4v) is 6.03. The van der Waals surface area contributed by atoms with Crippen molar-refractivity contribution in [1.82, 2.24) is 39.8 Å². The molecule has 19 heteroatoms. The monoisotopic (exact) mass is 743 g/mol. The Hall–Kier alpha value is -5.59. The number of hydrogen-bond donors (Lipinski definition) is 2. The number of hydrogen-bond acceptors (Lipinski definition) is 9. The molecule has 1 amide bonds. The van der Waals surface area contributed by atoms with Gasteiger partial charge in [-0.15, -0.1) is 0 Å². The van der Waals surface area contributed by atoms with E-state index in [1.165, 1.54) is 18.3 Å². The van der Waals surface area contributed by atoms with Crippen LogP contribution < -0.4 is 25.0 Å². The van der Waals surface area contributed by atoms with Gasteiger partial charge in [-0.3, -0.25) is 19.1 Å². The molecule has 0 bridgehead atoms. The molecule has 0 saturated carbocycles. The van der Waals surface area contributed by atoms with E-state index in [2.05, 4.69) is 30.8 Å². The van der Waals surface area contributed by atoms with Crippen molar-refractivity contribution < 1.29 is 35.7 Å². The second-order valence-electron chi connectivity index (χ2n) is 12.8. The SMILES string of the molecule is CNCc1cnn(Cc2ccc(C(F)(F)F)[n+](CCN3c4nc(N(C)Cc5cnn(Cc6ccc(C(F)(F)F)nc6)c5)nc(C)c4NC(=O)[C@@H]3C)c2)c1. The first-order valence-electron chi connectivity index (χ1n) is 16.5. The average Bonchev–Trinajstić information content (AvgIpc) is 3.73. The van der Waals surface area contributed by atoms with Gasteiger partial charge in [-0.2, -0.15) is 46.1 Å². The van der Waals surface area contributed by atoms with Gasteiger partial charge in [0.15, 0.2) is 18.6 Å². The molecule has 0 aromatic carbocycles. The van der Waals surface area contributed by atoms with Gasteiger partial charge < -0.3 is 20.4 Å². The smallest absolute Gasteiger partial charge is 0.339 e. The van der Waals surface area contributed by atoms with E-state index in [1.807, 2.05) is 13.2 Å². The Morgan fingerprint density at radius 1 is 0.906 bits per heavy atom. The van der Waals surface area contributed by atoms with E-state index in [0.717, 1.165) is 34.0 Å². The number of carbonyl (C=O) groups excluding carboxylic acids is 1. The number of anilines is 3. The maximum Gasteiger partial charge on any atom is 0.477 e. The molecule has 1 atom stereocenters. The summed E-state index contributed by atoms with van der Waals surface area (Å²) in [5, 5.41) is 14.5. The molecule has 6 rings (SSSR count). The van der Waals surface area contributed by atoms with Gasteiger partial charge in [0, 0.05) is 61.5 Å². The first-order chi connectivity index (χ1) is 25.1. The summed E-state index contributed by atoms with van der Waals surface area (Å²) in [5.41, 5.74) is 1.88. The van der Waals surface area contributed by atoms with E-state index in [0.29, 0.717) is 47.4 Å². The minimum absolute atomic E-state index is 0.0259. The summed E-state index contributed by atoms with van der Waals surface area (Å²) in [4.78, 5) is 29.3. The van der Waals surface area contributed by atoms with Gasteiger partial charge in [0.05, 0.1) is 37.7 Å². The highest BCUT2D eigenvalue weighted by atomic mass is 19.4. The Labute approximate surface area is 300 Å². The maximum atomic E-state index is 14.2. The van der Waals surface area contributed by atoms with E-state index >= 15 is 0 Å². The van der Waals surface area contributed by atoms with E-state index in [-0.39, 0.29) is 32.1 Å². The van der Waals surface area contributed by atoms with E-state index in [1.54, 1.807) is 58.6 Å². The van der Waals surface area contributed by atoms with Gasteiger partial charge in [0.1, 0.15) is 17.4 Å². The molecule has 5 aromatic rings. The Balaban J connectivity index is 1.20. The first kappa shape index (κ1) is 37.2. The lowest BCUT2D eigenvalue weighted by Crippen LogP contribution is -2.52. The van der Waals surface area contributed by atoms with E-state index < -0.39 is 29.8 Å². The summed E-state index contributed by atoms with van der Waals surface area (Å²) in [5.74, 6) is 0.333. The average molecular weight is 744 g/mol. The molecule has 0 radical (unpaired) electrons. The number of alkyl halides is 6.